The van der Waals surface area contributed by atoms with E-state index in [1.165, 1.54) is 22.9 Å². The molecule has 0 atom stereocenters. The summed E-state index contributed by atoms with van der Waals surface area (Å²) in [5.41, 5.74) is 5.79. The first-order chi connectivity index (χ1) is 10.9. The van der Waals surface area contributed by atoms with Gasteiger partial charge < -0.3 is 9.47 Å². The highest BCUT2D eigenvalue weighted by Crippen LogP contribution is 2.12. The van der Waals surface area contributed by atoms with E-state index < -0.39 is 11.8 Å². The van der Waals surface area contributed by atoms with Gasteiger partial charge in [0.25, 0.3) is 17.4 Å². The number of aromatic nitrogens is 1. The van der Waals surface area contributed by atoms with E-state index in [-0.39, 0.29) is 11.1 Å². The molecule has 0 fully saturated rings. The number of hydrogen-bond donors (Lipinski definition) is 2. The minimum Gasteiger partial charge on any atom is -0.378 e. The van der Waals surface area contributed by atoms with E-state index in [1.807, 2.05) is 25.1 Å². The van der Waals surface area contributed by atoms with E-state index in [1.54, 1.807) is 25.2 Å². The molecule has 23 heavy (non-hydrogen) atoms. The average Bonchev–Trinajstić information content (AvgIpc) is 2.54. The van der Waals surface area contributed by atoms with Crippen molar-refractivity contribution in [1.82, 2.24) is 15.4 Å². The third-order valence-corrected chi connectivity index (χ3v) is 3.28. The van der Waals surface area contributed by atoms with Gasteiger partial charge in [-0.1, -0.05) is 6.07 Å². The average molecular weight is 314 g/mol. The van der Waals surface area contributed by atoms with Crippen LogP contribution in [0.5, 0.6) is 0 Å². The first-order valence-corrected chi connectivity index (χ1v) is 6.93. The lowest BCUT2D eigenvalue weighted by atomic mass is 10.2. The highest BCUT2D eigenvalue weighted by molar-refractivity contribution is 5.99. The molecule has 0 saturated heterocycles. The summed E-state index contributed by atoms with van der Waals surface area (Å²) in [6, 6.07) is 9.68. The van der Waals surface area contributed by atoms with Gasteiger partial charge in [0.05, 0.1) is 0 Å². The summed E-state index contributed by atoms with van der Waals surface area (Å²) in [6.07, 6.45) is 1.49. The third-order valence-electron chi connectivity index (χ3n) is 3.28. The molecule has 120 valence electrons. The van der Waals surface area contributed by atoms with E-state index >= 15 is 0 Å². The lowest BCUT2D eigenvalue weighted by molar-refractivity contribution is 0.0846. The summed E-state index contributed by atoms with van der Waals surface area (Å²) < 4.78 is 1.35. The van der Waals surface area contributed by atoms with Crippen molar-refractivity contribution in [2.24, 2.45) is 7.05 Å². The number of anilines is 1. The van der Waals surface area contributed by atoms with E-state index in [0.29, 0.717) is 5.56 Å². The van der Waals surface area contributed by atoms with E-state index in [2.05, 4.69) is 10.9 Å². The number of nitrogens with zero attached hydrogens (tertiary/aromatic N) is 2. The smallest absolute Gasteiger partial charge is 0.269 e. The number of benzene rings is 1. The maximum Gasteiger partial charge on any atom is 0.269 e. The van der Waals surface area contributed by atoms with Gasteiger partial charge in [-0.05, 0) is 24.3 Å². The normalized spacial score (nSPS) is 10.0. The number of carbonyl (C=O) groups excluding carboxylic acids is 2. The fraction of sp³-hybridized carbons (Fsp3) is 0.188. The minimum absolute atomic E-state index is 0.176. The number of carbonyl (C=O) groups is 2. The number of amides is 2. The van der Waals surface area contributed by atoms with Crippen LogP contribution in [0, 0.1) is 0 Å². The Morgan fingerprint density at radius 2 is 1.61 bits per heavy atom. The summed E-state index contributed by atoms with van der Waals surface area (Å²) in [7, 11) is 5.33. The number of hydrogen-bond acceptors (Lipinski definition) is 4. The first-order valence-electron chi connectivity index (χ1n) is 6.93. The number of aryl methyl sites for hydroxylation is 1. The molecule has 1 heterocycles. The predicted molar refractivity (Wildman–Crippen MR) is 87.4 cm³/mol. The Bertz CT molecular complexity index is 796. The molecule has 0 radical (unpaired) electrons. The zero-order valence-electron chi connectivity index (χ0n) is 13.2. The Kier molecular flexibility index (Phi) is 4.80. The molecule has 1 aromatic heterocycles. The topological polar surface area (TPSA) is 83.4 Å². The lowest BCUT2D eigenvalue weighted by Crippen LogP contribution is -2.42. The number of hydrazine groups is 1. The Labute approximate surface area is 133 Å². The summed E-state index contributed by atoms with van der Waals surface area (Å²) in [4.78, 5) is 37.4. The van der Waals surface area contributed by atoms with Gasteiger partial charge in [0.2, 0.25) is 0 Å². The van der Waals surface area contributed by atoms with Gasteiger partial charge in [-0.15, -0.1) is 0 Å². The van der Waals surface area contributed by atoms with Crippen molar-refractivity contribution < 1.29 is 9.59 Å². The second-order valence-electron chi connectivity index (χ2n) is 5.22. The number of rotatable bonds is 3. The predicted octanol–water partition coefficient (Wildman–Crippen LogP) is 0.526. The van der Waals surface area contributed by atoms with Crippen LogP contribution in [0.25, 0.3) is 0 Å². The molecular weight excluding hydrogens is 296 g/mol. The molecule has 0 aliphatic heterocycles. The van der Waals surface area contributed by atoms with Gasteiger partial charge in [-0.25, -0.2) is 0 Å². The van der Waals surface area contributed by atoms with Crippen molar-refractivity contribution in [3.63, 3.8) is 0 Å². The van der Waals surface area contributed by atoms with Gasteiger partial charge >= 0.3 is 0 Å². The molecular formula is C16H18N4O3. The van der Waals surface area contributed by atoms with Gasteiger partial charge in [-0.3, -0.25) is 25.2 Å². The molecule has 0 bridgehead atoms. The van der Waals surface area contributed by atoms with E-state index in [9.17, 15) is 14.4 Å². The second kappa shape index (κ2) is 6.78. The number of nitrogens with one attached hydrogen (secondary N) is 2. The molecule has 0 unspecified atom stereocenters. The first kappa shape index (κ1) is 16.3. The Balaban J connectivity index is 2.03. The van der Waals surface area contributed by atoms with Crippen molar-refractivity contribution in [1.29, 1.82) is 0 Å². The molecule has 2 rings (SSSR count). The van der Waals surface area contributed by atoms with Crippen molar-refractivity contribution in [2.45, 2.75) is 0 Å². The van der Waals surface area contributed by atoms with Crippen molar-refractivity contribution in [3.8, 4) is 0 Å². The van der Waals surface area contributed by atoms with Crippen LogP contribution in [0.3, 0.4) is 0 Å². The Morgan fingerprint density at radius 3 is 2.17 bits per heavy atom. The van der Waals surface area contributed by atoms with Gasteiger partial charge in [0, 0.05) is 50.2 Å². The summed E-state index contributed by atoms with van der Waals surface area (Å²) in [5, 5.41) is 0. The Morgan fingerprint density at radius 1 is 1.00 bits per heavy atom. The largest absolute Gasteiger partial charge is 0.378 e. The van der Waals surface area contributed by atoms with Crippen LogP contribution in [0.4, 0.5) is 5.69 Å². The number of pyridine rings is 1. The lowest BCUT2D eigenvalue weighted by Gasteiger charge is -2.13. The highest BCUT2D eigenvalue weighted by Gasteiger charge is 2.10. The van der Waals surface area contributed by atoms with Crippen LogP contribution in [-0.2, 0) is 7.05 Å². The van der Waals surface area contributed by atoms with Crippen LogP contribution in [0.2, 0.25) is 0 Å². The summed E-state index contributed by atoms with van der Waals surface area (Å²) in [5.74, 6) is -0.995. The van der Waals surface area contributed by atoms with Crippen LogP contribution in [0.15, 0.2) is 47.4 Å². The molecule has 7 heteroatoms. The van der Waals surface area contributed by atoms with Crippen LogP contribution < -0.4 is 21.3 Å². The van der Waals surface area contributed by atoms with Gasteiger partial charge in [0.15, 0.2) is 0 Å². The fourth-order valence-corrected chi connectivity index (χ4v) is 1.87. The molecule has 0 spiro atoms. The molecule has 0 aliphatic rings. The molecule has 2 amide bonds. The second-order valence-corrected chi connectivity index (χ2v) is 5.22. The van der Waals surface area contributed by atoms with Crippen molar-refractivity contribution in [3.05, 3.63) is 64.1 Å². The molecule has 7 nitrogen and oxygen atoms in total. The van der Waals surface area contributed by atoms with Crippen LogP contribution >= 0.6 is 0 Å². The van der Waals surface area contributed by atoms with E-state index in [4.69, 9.17) is 0 Å². The summed E-state index contributed by atoms with van der Waals surface area (Å²) in [6.45, 7) is 0. The van der Waals surface area contributed by atoms with Gasteiger partial charge in [-0.2, -0.15) is 0 Å². The fourth-order valence-electron chi connectivity index (χ4n) is 1.87. The third kappa shape index (κ3) is 3.97. The zero-order chi connectivity index (χ0) is 17.0. The monoisotopic (exact) mass is 314 g/mol. The molecule has 2 N–H and O–H groups in total. The molecule has 2 aromatic rings. The quantitative estimate of drug-likeness (QED) is 0.809. The van der Waals surface area contributed by atoms with Gasteiger partial charge in [0.1, 0.15) is 0 Å². The van der Waals surface area contributed by atoms with Crippen molar-refractivity contribution >= 4 is 17.5 Å². The molecule has 0 aliphatic carbocycles. The standard InChI is InChI=1S/C16H18N4O3/c1-19(2)13-6-4-5-11(9-13)15(22)17-18-16(23)12-7-8-20(3)14(21)10-12/h4-10H,1-3H3,(H,17,22)(H,18,23). The zero-order valence-corrected chi connectivity index (χ0v) is 13.2. The summed E-state index contributed by atoms with van der Waals surface area (Å²) >= 11 is 0. The highest BCUT2D eigenvalue weighted by atomic mass is 16.2. The van der Waals surface area contributed by atoms with E-state index in [0.717, 1.165) is 5.69 Å². The van der Waals surface area contributed by atoms with Crippen molar-refractivity contribution in [2.75, 3.05) is 19.0 Å². The SMILES string of the molecule is CN(C)c1cccc(C(=O)NNC(=O)c2ccn(C)c(=O)c2)c1. The van der Waals surface area contributed by atoms with Crippen LogP contribution in [-0.4, -0.2) is 30.5 Å². The minimum atomic E-state index is -0.556. The molecule has 1 aromatic carbocycles. The maximum atomic E-state index is 12.1. The van der Waals surface area contributed by atoms with Crippen LogP contribution in [0.1, 0.15) is 20.7 Å². The maximum absolute atomic E-state index is 12.1. The molecule has 0 saturated carbocycles. The Hall–Kier alpha value is -3.09.